The molecule has 1 atom stereocenters. The van der Waals surface area contributed by atoms with Crippen LogP contribution in [0.2, 0.25) is 0 Å². The number of rotatable bonds is 4. The van der Waals surface area contributed by atoms with Gasteiger partial charge in [0.25, 0.3) is 0 Å². The number of thiophene rings is 1. The summed E-state index contributed by atoms with van der Waals surface area (Å²) in [5, 5.41) is 14.1. The predicted molar refractivity (Wildman–Crippen MR) is 60.4 cm³/mol. The second kappa shape index (κ2) is 5.16. The normalized spacial score (nSPS) is 13.2. The lowest BCUT2D eigenvalue weighted by Crippen LogP contribution is -2.28. The van der Waals surface area contributed by atoms with Crippen LogP contribution in [0.4, 0.5) is 0 Å². The van der Waals surface area contributed by atoms with Crippen LogP contribution in [0.5, 0.6) is 0 Å². The molecule has 0 saturated carbocycles. The van der Waals surface area contributed by atoms with Crippen LogP contribution in [0.1, 0.15) is 12.5 Å². The molecule has 2 nitrogen and oxygen atoms in total. The van der Waals surface area contributed by atoms with E-state index in [1.165, 1.54) is 8.45 Å². The van der Waals surface area contributed by atoms with Crippen molar-refractivity contribution in [3.63, 3.8) is 0 Å². The molecule has 4 heteroatoms. The van der Waals surface area contributed by atoms with Crippen LogP contribution in [0, 0.1) is 2.88 Å². The fraction of sp³-hybridized carbons (Fsp3) is 0.500. The van der Waals surface area contributed by atoms with Gasteiger partial charge in [0.2, 0.25) is 0 Å². The predicted octanol–water partition coefficient (Wildman–Crippen LogP) is 1.82. The molecule has 0 saturated heterocycles. The van der Waals surface area contributed by atoms with Crippen molar-refractivity contribution < 1.29 is 5.11 Å². The van der Waals surface area contributed by atoms with Crippen molar-refractivity contribution in [1.29, 1.82) is 0 Å². The van der Waals surface area contributed by atoms with E-state index < -0.39 is 0 Å². The molecular formula is C8H12INOS. The van der Waals surface area contributed by atoms with Crippen LogP contribution in [-0.4, -0.2) is 17.8 Å². The summed E-state index contributed by atoms with van der Waals surface area (Å²) in [4.78, 5) is 0. The Balaban J connectivity index is 2.33. The molecule has 1 heterocycles. The first-order chi connectivity index (χ1) is 5.72. The lowest BCUT2D eigenvalue weighted by atomic mass is 10.3. The Labute approximate surface area is 90.1 Å². The van der Waals surface area contributed by atoms with Crippen LogP contribution in [-0.2, 0) is 6.54 Å². The lowest BCUT2D eigenvalue weighted by molar-refractivity contribution is 0.251. The zero-order valence-electron chi connectivity index (χ0n) is 6.88. The molecule has 0 aliphatic carbocycles. The molecule has 0 aliphatic rings. The highest BCUT2D eigenvalue weighted by Crippen LogP contribution is 2.16. The third-order valence-electron chi connectivity index (χ3n) is 1.55. The summed E-state index contributed by atoms with van der Waals surface area (Å²) in [7, 11) is 0. The number of nitrogens with one attached hydrogen (secondary N) is 1. The average Bonchev–Trinajstić information content (AvgIpc) is 2.47. The average molecular weight is 297 g/mol. The lowest BCUT2D eigenvalue weighted by Gasteiger charge is -2.08. The number of hydrogen-bond acceptors (Lipinski definition) is 3. The summed E-state index contributed by atoms with van der Waals surface area (Å²) in [6.45, 7) is 3.01. The van der Waals surface area contributed by atoms with E-state index in [4.69, 9.17) is 5.11 Å². The van der Waals surface area contributed by atoms with Gasteiger partial charge in [-0.3, -0.25) is 0 Å². The van der Waals surface area contributed by atoms with Gasteiger partial charge < -0.3 is 10.4 Å². The highest BCUT2D eigenvalue weighted by Gasteiger charge is 2.00. The maximum atomic E-state index is 8.76. The third-order valence-corrected chi connectivity index (χ3v) is 3.39. The quantitative estimate of drug-likeness (QED) is 0.831. The SMILES string of the molecule is CC(CO)NCc1csc(I)c1. The standard InChI is InChI=1S/C8H12INOS/c1-6(4-11)10-3-7-2-8(9)12-5-7/h2,5-6,10-11H,3-4H2,1H3. The summed E-state index contributed by atoms with van der Waals surface area (Å²) < 4.78 is 1.31. The molecule has 0 aliphatic heterocycles. The topological polar surface area (TPSA) is 32.3 Å². The molecule has 1 aromatic rings. The van der Waals surface area contributed by atoms with Crippen molar-refractivity contribution in [1.82, 2.24) is 5.32 Å². The molecule has 0 bridgehead atoms. The number of aliphatic hydroxyl groups is 1. The van der Waals surface area contributed by atoms with Gasteiger partial charge in [0.15, 0.2) is 0 Å². The zero-order chi connectivity index (χ0) is 8.97. The van der Waals surface area contributed by atoms with Crippen LogP contribution in [0.3, 0.4) is 0 Å². The van der Waals surface area contributed by atoms with Crippen LogP contribution >= 0.6 is 33.9 Å². The van der Waals surface area contributed by atoms with E-state index in [2.05, 4.69) is 39.4 Å². The van der Waals surface area contributed by atoms with Crippen molar-refractivity contribution in [3.8, 4) is 0 Å². The van der Waals surface area contributed by atoms with Gasteiger partial charge in [-0.1, -0.05) is 0 Å². The van der Waals surface area contributed by atoms with Crippen molar-refractivity contribution in [2.45, 2.75) is 19.5 Å². The van der Waals surface area contributed by atoms with Crippen LogP contribution in [0.25, 0.3) is 0 Å². The maximum absolute atomic E-state index is 8.76. The first-order valence-electron chi connectivity index (χ1n) is 3.79. The Hall–Kier alpha value is 0.350. The Morgan fingerprint density at radius 2 is 2.50 bits per heavy atom. The maximum Gasteiger partial charge on any atom is 0.0656 e. The molecule has 0 amide bonds. The van der Waals surface area contributed by atoms with E-state index in [0.717, 1.165) is 6.54 Å². The minimum absolute atomic E-state index is 0.183. The van der Waals surface area contributed by atoms with E-state index in [9.17, 15) is 0 Å². The van der Waals surface area contributed by atoms with Gasteiger partial charge in [0.1, 0.15) is 0 Å². The Morgan fingerprint density at radius 3 is 3.00 bits per heavy atom. The molecule has 0 radical (unpaired) electrons. The van der Waals surface area contributed by atoms with Crippen molar-refractivity contribution in [2.24, 2.45) is 0 Å². The van der Waals surface area contributed by atoms with Gasteiger partial charge in [-0.15, -0.1) is 11.3 Å². The van der Waals surface area contributed by atoms with Gasteiger partial charge in [0, 0.05) is 12.6 Å². The Kier molecular flexibility index (Phi) is 4.49. The van der Waals surface area contributed by atoms with E-state index in [1.807, 2.05) is 6.92 Å². The van der Waals surface area contributed by atoms with Crippen molar-refractivity contribution in [3.05, 3.63) is 19.9 Å². The highest BCUT2D eigenvalue weighted by molar-refractivity contribution is 14.1. The van der Waals surface area contributed by atoms with E-state index in [0.29, 0.717) is 0 Å². The fourth-order valence-corrected chi connectivity index (χ4v) is 2.21. The summed E-state index contributed by atoms with van der Waals surface area (Å²) in [5.74, 6) is 0. The molecular weight excluding hydrogens is 285 g/mol. The molecule has 2 N–H and O–H groups in total. The molecule has 0 aromatic carbocycles. The molecule has 0 spiro atoms. The summed E-state index contributed by atoms with van der Waals surface area (Å²) in [6, 6.07) is 2.34. The summed E-state index contributed by atoms with van der Waals surface area (Å²) in [6.07, 6.45) is 0. The van der Waals surface area contributed by atoms with Gasteiger partial charge in [-0.05, 0) is 46.5 Å². The molecule has 68 valence electrons. The molecule has 1 unspecified atom stereocenters. The first kappa shape index (κ1) is 10.4. The molecule has 0 fully saturated rings. The minimum Gasteiger partial charge on any atom is -0.395 e. The van der Waals surface area contributed by atoms with E-state index in [-0.39, 0.29) is 12.6 Å². The van der Waals surface area contributed by atoms with Crippen LogP contribution < -0.4 is 5.32 Å². The largest absolute Gasteiger partial charge is 0.395 e. The smallest absolute Gasteiger partial charge is 0.0656 e. The second-order valence-corrected chi connectivity index (χ2v) is 5.53. The fourth-order valence-electron chi connectivity index (χ4n) is 0.795. The number of hydrogen-bond donors (Lipinski definition) is 2. The first-order valence-corrected chi connectivity index (χ1v) is 5.75. The monoisotopic (exact) mass is 297 g/mol. The number of halogens is 1. The van der Waals surface area contributed by atoms with Crippen molar-refractivity contribution >= 4 is 33.9 Å². The minimum atomic E-state index is 0.183. The Bertz CT molecular complexity index is 239. The van der Waals surface area contributed by atoms with E-state index in [1.54, 1.807) is 11.3 Å². The zero-order valence-corrected chi connectivity index (χ0v) is 9.85. The van der Waals surface area contributed by atoms with Gasteiger partial charge in [0.05, 0.1) is 9.49 Å². The number of aliphatic hydroxyl groups excluding tert-OH is 1. The van der Waals surface area contributed by atoms with Gasteiger partial charge in [-0.25, -0.2) is 0 Å². The highest BCUT2D eigenvalue weighted by atomic mass is 127. The van der Waals surface area contributed by atoms with Crippen molar-refractivity contribution in [2.75, 3.05) is 6.61 Å². The molecule has 1 aromatic heterocycles. The van der Waals surface area contributed by atoms with E-state index >= 15 is 0 Å². The Morgan fingerprint density at radius 1 is 1.75 bits per heavy atom. The summed E-state index contributed by atoms with van der Waals surface area (Å²) >= 11 is 4.06. The van der Waals surface area contributed by atoms with Gasteiger partial charge >= 0.3 is 0 Å². The molecule has 1 rings (SSSR count). The van der Waals surface area contributed by atoms with Gasteiger partial charge in [-0.2, -0.15) is 0 Å². The second-order valence-electron chi connectivity index (χ2n) is 2.72. The van der Waals surface area contributed by atoms with Crippen LogP contribution in [0.15, 0.2) is 11.4 Å². The third kappa shape index (κ3) is 3.38. The summed E-state index contributed by atoms with van der Waals surface area (Å²) in [5.41, 5.74) is 1.30. The molecule has 12 heavy (non-hydrogen) atoms.